The van der Waals surface area contributed by atoms with Crippen molar-refractivity contribution in [1.29, 1.82) is 0 Å². The molecule has 0 aromatic heterocycles. The van der Waals surface area contributed by atoms with Crippen molar-refractivity contribution in [3.63, 3.8) is 0 Å². The number of primary sulfonamides is 1. The van der Waals surface area contributed by atoms with Gasteiger partial charge in [0.1, 0.15) is 11.4 Å². The minimum atomic E-state index is -4.06. The molecule has 0 amide bonds. The second-order valence-corrected chi connectivity index (χ2v) is 8.93. The van der Waals surface area contributed by atoms with Crippen molar-refractivity contribution in [3.05, 3.63) is 28.3 Å². The molecular formula is C17H25FN4O5S. The van der Waals surface area contributed by atoms with Crippen LogP contribution in [0.15, 0.2) is 23.1 Å². The van der Waals surface area contributed by atoms with Crippen LogP contribution in [0.5, 0.6) is 0 Å². The summed E-state index contributed by atoms with van der Waals surface area (Å²) >= 11 is 0. The Morgan fingerprint density at radius 2 is 1.96 bits per heavy atom. The Labute approximate surface area is 163 Å². The number of benzene rings is 1. The number of nitrogens with one attached hydrogen (secondary N) is 1. The Balaban J connectivity index is 1.63. The molecule has 1 aromatic carbocycles. The van der Waals surface area contributed by atoms with Crippen molar-refractivity contribution in [2.75, 3.05) is 38.2 Å². The highest BCUT2D eigenvalue weighted by Crippen LogP contribution is 2.32. The zero-order chi connectivity index (χ0) is 20.4. The van der Waals surface area contributed by atoms with Gasteiger partial charge in [-0.1, -0.05) is 0 Å². The summed E-state index contributed by atoms with van der Waals surface area (Å²) in [6.07, 6.45) is 2.58. The van der Waals surface area contributed by atoms with Crippen molar-refractivity contribution in [2.45, 2.75) is 42.3 Å². The third kappa shape index (κ3) is 4.96. The van der Waals surface area contributed by atoms with E-state index in [9.17, 15) is 18.5 Å². The molecule has 3 rings (SSSR count). The molecule has 0 radical (unpaired) electrons. The van der Waals surface area contributed by atoms with Crippen molar-refractivity contribution >= 4 is 21.4 Å². The lowest BCUT2D eigenvalue weighted by Gasteiger charge is -2.41. The molecule has 0 bridgehead atoms. The molecular weight excluding hydrogens is 391 g/mol. The van der Waals surface area contributed by atoms with Gasteiger partial charge < -0.3 is 10.1 Å². The van der Waals surface area contributed by atoms with Gasteiger partial charge >= 0.3 is 0 Å². The summed E-state index contributed by atoms with van der Waals surface area (Å²) in [4.78, 5) is 12.5. The van der Waals surface area contributed by atoms with E-state index >= 15 is 4.39 Å². The molecule has 11 heteroatoms. The second kappa shape index (κ2) is 8.27. The largest absolute Gasteiger partial charge is 0.381 e. The Morgan fingerprint density at radius 3 is 2.54 bits per heavy atom. The van der Waals surface area contributed by atoms with Gasteiger partial charge in [0, 0.05) is 45.0 Å². The average molecular weight is 416 g/mol. The fraction of sp³-hybridized carbons (Fsp3) is 0.647. The molecule has 3 N–H and O–H groups in total. The van der Waals surface area contributed by atoms with Crippen LogP contribution in [0.4, 0.5) is 15.8 Å². The molecule has 156 valence electrons. The van der Waals surface area contributed by atoms with E-state index in [1.165, 1.54) is 12.1 Å². The maximum Gasteiger partial charge on any atom is 0.293 e. The molecule has 2 fully saturated rings. The number of nitrogens with zero attached hydrogens (tertiary/aromatic N) is 2. The number of nitro groups is 1. The van der Waals surface area contributed by atoms with Gasteiger partial charge in [-0.2, -0.15) is 0 Å². The normalized spacial score (nSPS) is 21.4. The number of sulfonamides is 1. The van der Waals surface area contributed by atoms with Crippen LogP contribution in [0.2, 0.25) is 0 Å². The zero-order valence-electron chi connectivity index (χ0n) is 15.5. The number of likely N-dealkylation sites (tertiary alicyclic amines) is 1. The Hall–Kier alpha value is -1.82. The summed E-state index contributed by atoms with van der Waals surface area (Å²) in [7, 11) is -4.06. The maximum absolute atomic E-state index is 15.2. The second-order valence-electron chi connectivity index (χ2n) is 7.37. The number of nitro benzene ring substituents is 1. The smallest absolute Gasteiger partial charge is 0.293 e. The van der Waals surface area contributed by atoms with Gasteiger partial charge in [-0.3, -0.25) is 15.0 Å². The van der Waals surface area contributed by atoms with Crippen LogP contribution in [0, 0.1) is 10.1 Å². The van der Waals surface area contributed by atoms with Crippen molar-refractivity contribution < 1.29 is 22.5 Å². The first kappa shape index (κ1) is 20.9. The Kier molecular flexibility index (Phi) is 6.18. The topological polar surface area (TPSA) is 128 Å². The number of anilines is 1. The predicted molar refractivity (Wildman–Crippen MR) is 101 cm³/mol. The Bertz CT molecular complexity index is 821. The van der Waals surface area contributed by atoms with Crippen LogP contribution in [0.25, 0.3) is 0 Å². The van der Waals surface area contributed by atoms with Gasteiger partial charge in [-0.05, 0) is 37.8 Å². The van der Waals surface area contributed by atoms with E-state index in [1.54, 1.807) is 0 Å². The van der Waals surface area contributed by atoms with Gasteiger partial charge in [-0.15, -0.1) is 0 Å². The van der Waals surface area contributed by atoms with Crippen LogP contribution < -0.4 is 10.5 Å². The van der Waals surface area contributed by atoms with E-state index in [-0.39, 0.29) is 17.1 Å². The Morgan fingerprint density at radius 1 is 1.32 bits per heavy atom. The minimum Gasteiger partial charge on any atom is -0.381 e. The summed E-state index contributed by atoms with van der Waals surface area (Å²) in [5, 5.41) is 19.1. The zero-order valence-corrected chi connectivity index (χ0v) is 16.3. The third-order valence-corrected chi connectivity index (χ3v) is 6.40. The fourth-order valence-electron chi connectivity index (χ4n) is 3.76. The van der Waals surface area contributed by atoms with Crippen LogP contribution in [-0.2, 0) is 14.8 Å². The molecule has 0 atom stereocenters. The maximum atomic E-state index is 15.2. The number of hydrogen-bond acceptors (Lipinski definition) is 7. The molecule has 0 unspecified atom stereocenters. The van der Waals surface area contributed by atoms with Crippen LogP contribution in [0.3, 0.4) is 0 Å². The highest BCUT2D eigenvalue weighted by molar-refractivity contribution is 7.89. The van der Waals surface area contributed by atoms with Crippen molar-refractivity contribution in [3.8, 4) is 0 Å². The van der Waals surface area contributed by atoms with Gasteiger partial charge in [-0.25, -0.2) is 17.9 Å². The van der Waals surface area contributed by atoms with Crippen molar-refractivity contribution in [1.82, 2.24) is 4.90 Å². The molecule has 2 aliphatic rings. The molecule has 0 aliphatic carbocycles. The van der Waals surface area contributed by atoms with E-state index in [1.807, 2.05) is 0 Å². The van der Waals surface area contributed by atoms with Crippen LogP contribution >= 0.6 is 0 Å². The third-order valence-electron chi connectivity index (χ3n) is 5.49. The number of ether oxygens (including phenoxy) is 1. The fourth-order valence-corrected chi connectivity index (χ4v) is 4.29. The van der Waals surface area contributed by atoms with Gasteiger partial charge in [0.2, 0.25) is 10.0 Å². The first-order valence-electron chi connectivity index (χ1n) is 9.24. The number of hydrogen-bond donors (Lipinski definition) is 2. The summed E-state index contributed by atoms with van der Waals surface area (Å²) in [6.45, 7) is 2.66. The molecule has 28 heavy (non-hydrogen) atoms. The molecule has 0 saturated carbocycles. The average Bonchev–Trinajstić information content (AvgIpc) is 2.67. The standard InChI is InChI=1S/C17H25FN4O5S/c18-17(5-7-21(8-6-17)13-3-9-27-10-4-13)12-20-15-2-1-14(28(19,25)26)11-16(15)22(23)24/h1-2,11,13,20H,3-10,12H2,(H2,19,25,26). The number of alkyl halides is 1. The lowest BCUT2D eigenvalue weighted by Crippen LogP contribution is -2.50. The van der Waals surface area contributed by atoms with E-state index in [0.717, 1.165) is 32.1 Å². The molecule has 0 spiro atoms. The lowest BCUT2D eigenvalue weighted by atomic mass is 9.91. The SMILES string of the molecule is NS(=O)(=O)c1ccc(NCC2(F)CCN(C3CCOCC3)CC2)c([N+](=O)[O-])c1. The number of rotatable bonds is 6. The molecule has 2 aliphatic heterocycles. The highest BCUT2D eigenvalue weighted by Gasteiger charge is 2.37. The molecule has 2 saturated heterocycles. The predicted octanol–water partition coefficient (Wildman–Crippen LogP) is 1.64. The van der Waals surface area contributed by atoms with Crippen LogP contribution in [0.1, 0.15) is 25.7 Å². The summed E-state index contributed by atoms with van der Waals surface area (Å²) in [5.74, 6) is 0. The van der Waals surface area contributed by atoms with E-state index < -0.39 is 26.3 Å². The minimum absolute atomic E-state index is 0.0706. The monoisotopic (exact) mass is 416 g/mol. The lowest BCUT2D eigenvalue weighted by molar-refractivity contribution is -0.384. The van der Waals surface area contributed by atoms with Gasteiger partial charge in [0.15, 0.2) is 0 Å². The van der Waals surface area contributed by atoms with Crippen molar-refractivity contribution in [2.24, 2.45) is 5.14 Å². The molecule has 1 aromatic rings. The summed E-state index contributed by atoms with van der Waals surface area (Å²) in [6, 6.07) is 3.73. The first-order valence-corrected chi connectivity index (χ1v) is 10.8. The number of halogens is 1. The van der Waals surface area contributed by atoms with Gasteiger partial charge in [0.25, 0.3) is 5.69 Å². The summed E-state index contributed by atoms with van der Waals surface area (Å²) in [5.41, 5.74) is -1.86. The molecule has 2 heterocycles. The quantitative estimate of drug-likeness (QED) is 0.533. The number of piperidine rings is 1. The van der Waals surface area contributed by atoms with E-state index in [2.05, 4.69) is 10.2 Å². The molecule has 9 nitrogen and oxygen atoms in total. The van der Waals surface area contributed by atoms with E-state index in [0.29, 0.717) is 32.0 Å². The van der Waals surface area contributed by atoms with Gasteiger partial charge in [0.05, 0.1) is 9.82 Å². The highest BCUT2D eigenvalue weighted by atomic mass is 32.2. The first-order chi connectivity index (χ1) is 13.2. The number of nitrogens with two attached hydrogens (primary N) is 1. The van der Waals surface area contributed by atoms with Crippen LogP contribution in [-0.4, -0.2) is 62.8 Å². The summed E-state index contributed by atoms with van der Waals surface area (Å²) < 4.78 is 43.4. The van der Waals surface area contributed by atoms with E-state index in [4.69, 9.17) is 9.88 Å².